The van der Waals surface area contributed by atoms with Crippen molar-refractivity contribution in [2.75, 3.05) is 0 Å². The molecule has 2 N–H and O–H groups in total. The van der Waals surface area contributed by atoms with Crippen molar-refractivity contribution in [3.8, 4) is 11.5 Å². The van der Waals surface area contributed by atoms with Crippen LogP contribution in [0.5, 0.6) is 11.5 Å². The summed E-state index contributed by atoms with van der Waals surface area (Å²) in [6.07, 6.45) is 11.5. The Kier molecular flexibility index (Phi) is 16.5. The van der Waals surface area contributed by atoms with Crippen molar-refractivity contribution >= 4 is 0 Å². The van der Waals surface area contributed by atoms with Crippen molar-refractivity contribution < 1.29 is 10.2 Å². The average Bonchev–Trinajstić information content (AvgIpc) is 2.63. The monoisotopic (exact) mass is 358 g/mol. The third kappa shape index (κ3) is 18.4. The second-order valence-electron chi connectivity index (χ2n) is 6.97. The van der Waals surface area contributed by atoms with Crippen molar-refractivity contribution in [3.63, 3.8) is 0 Å². The van der Waals surface area contributed by atoms with E-state index < -0.39 is 0 Å². The summed E-state index contributed by atoms with van der Waals surface area (Å²) in [7, 11) is 0. The van der Waals surface area contributed by atoms with Crippen LogP contribution in [0.15, 0.2) is 60.7 Å². The van der Waals surface area contributed by atoms with Gasteiger partial charge >= 0.3 is 0 Å². The van der Waals surface area contributed by atoms with Gasteiger partial charge in [0, 0.05) is 0 Å². The Morgan fingerprint density at radius 1 is 0.615 bits per heavy atom. The Bertz CT molecular complexity index is 457. The van der Waals surface area contributed by atoms with Gasteiger partial charge in [0.05, 0.1) is 0 Å². The summed E-state index contributed by atoms with van der Waals surface area (Å²) < 4.78 is 0. The average molecular weight is 359 g/mol. The van der Waals surface area contributed by atoms with Crippen molar-refractivity contribution in [2.24, 2.45) is 5.92 Å². The molecule has 0 aliphatic carbocycles. The topological polar surface area (TPSA) is 40.5 Å². The summed E-state index contributed by atoms with van der Waals surface area (Å²) in [5.41, 5.74) is 0. The smallest absolute Gasteiger partial charge is 0.115 e. The highest BCUT2D eigenvalue weighted by Gasteiger charge is 1.93. The fourth-order valence-corrected chi connectivity index (χ4v) is 2.37. The molecule has 2 aromatic rings. The molecule has 0 heterocycles. The molecule has 0 radical (unpaired) electrons. The molecule has 2 nitrogen and oxygen atoms in total. The first-order chi connectivity index (χ1) is 12.6. The Balaban J connectivity index is 0.000000381. The quantitative estimate of drug-likeness (QED) is 0.478. The third-order valence-electron chi connectivity index (χ3n) is 3.90. The standard InChI is InChI=1S/C12H26.2C6H6O/c1-4-5-6-7-8-9-10-11-12(2)3;2*7-6-4-2-1-3-5-6/h12H,4-11H2,1-3H3;2*1-5,7H. The Morgan fingerprint density at radius 2 is 1.00 bits per heavy atom. The molecule has 0 saturated heterocycles. The highest BCUT2D eigenvalue weighted by molar-refractivity contribution is 5.19. The van der Waals surface area contributed by atoms with Gasteiger partial charge in [0.2, 0.25) is 0 Å². The first-order valence-electron chi connectivity index (χ1n) is 10.0. The predicted octanol–water partition coefficient (Wildman–Crippen LogP) is 7.57. The van der Waals surface area contributed by atoms with E-state index in [2.05, 4.69) is 20.8 Å². The van der Waals surface area contributed by atoms with E-state index in [4.69, 9.17) is 10.2 Å². The second kappa shape index (κ2) is 17.8. The lowest BCUT2D eigenvalue weighted by atomic mass is 10.0. The molecule has 146 valence electrons. The maximum absolute atomic E-state index is 8.63. The number of phenols is 2. The predicted molar refractivity (Wildman–Crippen MR) is 114 cm³/mol. The van der Waals surface area contributed by atoms with Crippen LogP contribution < -0.4 is 0 Å². The molecule has 2 heteroatoms. The zero-order valence-electron chi connectivity index (χ0n) is 16.9. The van der Waals surface area contributed by atoms with Crippen LogP contribution in [-0.4, -0.2) is 10.2 Å². The zero-order chi connectivity index (χ0) is 19.5. The molecule has 0 aromatic heterocycles. The van der Waals surface area contributed by atoms with Gasteiger partial charge in [-0.3, -0.25) is 0 Å². The number of para-hydroxylation sites is 2. The minimum atomic E-state index is 0.322. The summed E-state index contributed by atoms with van der Waals surface area (Å²) >= 11 is 0. The summed E-state index contributed by atoms with van der Waals surface area (Å²) in [5, 5.41) is 17.3. The van der Waals surface area contributed by atoms with E-state index in [1.807, 2.05) is 12.1 Å². The van der Waals surface area contributed by atoms with E-state index in [1.165, 1.54) is 51.4 Å². The number of aromatic hydroxyl groups is 2. The van der Waals surface area contributed by atoms with Gasteiger partial charge in [-0.05, 0) is 30.2 Å². The van der Waals surface area contributed by atoms with Crippen LogP contribution in [0.25, 0.3) is 0 Å². The minimum Gasteiger partial charge on any atom is -0.508 e. The highest BCUT2D eigenvalue weighted by Crippen LogP contribution is 2.11. The maximum Gasteiger partial charge on any atom is 0.115 e. The van der Waals surface area contributed by atoms with Gasteiger partial charge in [-0.25, -0.2) is 0 Å². The van der Waals surface area contributed by atoms with Crippen LogP contribution in [0.2, 0.25) is 0 Å². The minimum absolute atomic E-state index is 0.322. The number of unbranched alkanes of at least 4 members (excludes halogenated alkanes) is 6. The molecule has 0 aliphatic rings. The Morgan fingerprint density at radius 3 is 1.31 bits per heavy atom. The number of phenolic OH excluding ortho intramolecular Hbond substituents is 2. The molecule has 0 spiro atoms. The molecule has 0 fully saturated rings. The van der Waals surface area contributed by atoms with Gasteiger partial charge in [0.25, 0.3) is 0 Å². The number of hydrogen-bond acceptors (Lipinski definition) is 2. The van der Waals surface area contributed by atoms with Crippen LogP contribution >= 0.6 is 0 Å². The lowest BCUT2D eigenvalue weighted by Crippen LogP contribution is -1.87. The highest BCUT2D eigenvalue weighted by atomic mass is 16.3. The maximum atomic E-state index is 8.63. The molecule has 0 amide bonds. The van der Waals surface area contributed by atoms with Crippen LogP contribution in [0.4, 0.5) is 0 Å². The molecule has 0 unspecified atom stereocenters. The van der Waals surface area contributed by atoms with Gasteiger partial charge in [0.15, 0.2) is 0 Å². The summed E-state index contributed by atoms with van der Waals surface area (Å²) in [5.74, 6) is 1.55. The first-order valence-corrected chi connectivity index (χ1v) is 10.0. The van der Waals surface area contributed by atoms with Crippen molar-refractivity contribution in [1.82, 2.24) is 0 Å². The molecular weight excluding hydrogens is 320 g/mol. The van der Waals surface area contributed by atoms with Gasteiger partial charge in [-0.15, -0.1) is 0 Å². The summed E-state index contributed by atoms with van der Waals surface area (Å²) in [6, 6.07) is 17.4. The number of benzene rings is 2. The normalized spacial score (nSPS) is 9.69. The lowest BCUT2D eigenvalue weighted by molar-refractivity contribution is 0.475. The van der Waals surface area contributed by atoms with Crippen molar-refractivity contribution in [2.45, 2.75) is 72.1 Å². The van der Waals surface area contributed by atoms with E-state index in [0.29, 0.717) is 11.5 Å². The summed E-state index contributed by atoms with van der Waals surface area (Å²) in [6.45, 7) is 6.91. The van der Waals surface area contributed by atoms with Crippen LogP contribution in [-0.2, 0) is 0 Å². The number of rotatable bonds is 8. The molecule has 0 aliphatic heterocycles. The van der Waals surface area contributed by atoms with Gasteiger partial charge in [0.1, 0.15) is 11.5 Å². The third-order valence-corrected chi connectivity index (χ3v) is 3.90. The van der Waals surface area contributed by atoms with Crippen molar-refractivity contribution in [3.05, 3.63) is 60.7 Å². The van der Waals surface area contributed by atoms with E-state index in [9.17, 15) is 0 Å². The second-order valence-corrected chi connectivity index (χ2v) is 6.97. The summed E-state index contributed by atoms with van der Waals surface area (Å²) in [4.78, 5) is 0. The molecule has 2 aromatic carbocycles. The van der Waals surface area contributed by atoms with Crippen molar-refractivity contribution in [1.29, 1.82) is 0 Å². The zero-order valence-corrected chi connectivity index (χ0v) is 16.9. The van der Waals surface area contributed by atoms with Gasteiger partial charge in [-0.2, -0.15) is 0 Å². The molecule has 0 saturated carbocycles. The van der Waals surface area contributed by atoms with Crippen LogP contribution in [0, 0.1) is 5.92 Å². The molecule has 26 heavy (non-hydrogen) atoms. The van der Waals surface area contributed by atoms with Gasteiger partial charge < -0.3 is 10.2 Å². The first kappa shape index (κ1) is 24.0. The fraction of sp³-hybridized carbons (Fsp3) is 0.500. The molecule has 0 bridgehead atoms. The SMILES string of the molecule is CCCCCCCCCC(C)C.Oc1ccccc1.Oc1ccccc1. The number of hydrogen-bond donors (Lipinski definition) is 2. The van der Waals surface area contributed by atoms with E-state index >= 15 is 0 Å². The lowest BCUT2D eigenvalue weighted by Gasteiger charge is -2.03. The Labute approximate surface area is 160 Å². The fourth-order valence-electron chi connectivity index (χ4n) is 2.37. The molecule has 0 atom stereocenters. The van der Waals surface area contributed by atoms with E-state index in [1.54, 1.807) is 48.5 Å². The van der Waals surface area contributed by atoms with Crippen LogP contribution in [0.3, 0.4) is 0 Å². The molecule has 2 rings (SSSR count). The van der Waals surface area contributed by atoms with Crippen LogP contribution in [0.1, 0.15) is 72.1 Å². The van der Waals surface area contributed by atoms with E-state index in [-0.39, 0.29) is 0 Å². The van der Waals surface area contributed by atoms with E-state index in [0.717, 1.165) is 5.92 Å². The molecular formula is C24H38O2. The Hall–Kier alpha value is -1.96. The largest absolute Gasteiger partial charge is 0.508 e. The van der Waals surface area contributed by atoms with Gasteiger partial charge in [-0.1, -0.05) is 109 Å².